The molecule has 0 aliphatic heterocycles. The summed E-state index contributed by atoms with van der Waals surface area (Å²) in [6.45, 7) is 4.43. The maximum atomic E-state index is 6.11. The van der Waals surface area contributed by atoms with E-state index in [1.165, 1.54) is 6.42 Å². The summed E-state index contributed by atoms with van der Waals surface area (Å²) >= 11 is 12.2. The molecule has 1 unspecified atom stereocenters. The number of halogens is 2. The van der Waals surface area contributed by atoms with Crippen molar-refractivity contribution in [1.29, 1.82) is 0 Å². The third-order valence-electron chi connectivity index (χ3n) is 2.67. The fourth-order valence-electron chi connectivity index (χ4n) is 1.76. The molecule has 3 heteroatoms. The Balaban J connectivity index is 2.62. The van der Waals surface area contributed by atoms with Gasteiger partial charge in [0.15, 0.2) is 0 Å². The van der Waals surface area contributed by atoms with E-state index in [4.69, 9.17) is 28.9 Å². The molecule has 0 bridgehead atoms. The van der Waals surface area contributed by atoms with Crippen molar-refractivity contribution in [3.05, 3.63) is 33.8 Å². The molecule has 1 rings (SSSR count). The first-order valence-electron chi connectivity index (χ1n) is 5.72. The van der Waals surface area contributed by atoms with Gasteiger partial charge in [0.25, 0.3) is 0 Å². The van der Waals surface area contributed by atoms with Gasteiger partial charge in [-0.3, -0.25) is 0 Å². The average Bonchev–Trinajstić information content (AvgIpc) is 2.16. The molecule has 16 heavy (non-hydrogen) atoms. The van der Waals surface area contributed by atoms with Crippen LogP contribution < -0.4 is 5.73 Å². The van der Waals surface area contributed by atoms with Gasteiger partial charge in [0, 0.05) is 21.7 Å². The minimum absolute atomic E-state index is 0.0556. The highest BCUT2D eigenvalue weighted by atomic mass is 35.5. The zero-order valence-corrected chi connectivity index (χ0v) is 11.4. The van der Waals surface area contributed by atoms with E-state index < -0.39 is 0 Å². The number of rotatable bonds is 5. The highest BCUT2D eigenvalue weighted by Gasteiger charge is 2.13. The second-order valence-corrected chi connectivity index (χ2v) is 5.38. The third kappa shape index (κ3) is 3.97. The zero-order valence-electron chi connectivity index (χ0n) is 9.84. The van der Waals surface area contributed by atoms with E-state index in [2.05, 4.69) is 13.8 Å². The molecule has 1 nitrogen and oxygen atoms in total. The van der Waals surface area contributed by atoms with Gasteiger partial charge in [-0.1, -0.05) is 56.0 Å². The van der Waals surface area contributed by atoms with Gasteiger partial charge in [-0.2, -0.15) is 0 Å². The van der Waals surface area contributed by atoms with Crippen LogP contribution in [0.4, 0.5) is 0 Å². The Kier molecular flexibility index (Phi) is 5.60. The molecule has 0 aliphatic rings. The first kappa shape index (κ1) is 13.8. The summed E-state index contributed by atoms with van der Waals surface area (Å²) < 4.78 is 0. The molecule has 0 heterocycles. The average molecular weight is 260 g/mol. The monoisotopic (exact) mass is 259 g/mol. The molecule has 1 aromatic carbocycles. The minimum Gasteiger partial charge on any atom is -0.324 e. The van der Waals surface area contributed by atoms with Crippen molar-refractivity contribution in [3.63, 3.8) is 0 Å². The minimum atomic E-state index is -0.0556. The smallest absolute Gasteiger partial charge is 0.0468 e. The van der Waals surface area contributed by atoms with Crippen molar-refractivity contribution in [1.82, 2.24) is 0 Å². The van der Waals surface area contributed by atoms with Crippen LogP contribution in [0.15, 0.2) is 18.2 Å². The van der Waals surface area contributed by atoms with Crippen molar-refractivity contribution in [3.8, 4) is 0 Å². The van der Waals surface area contributed by atoms with Crippen molar-refractivity contribution >= 4 is 23.2 Å². The Bertz CT molecular complexity index is 316. The van der Waals surface area contributed by atoms with E-state index >= 15 is 0 Å². The fraction of sp³-hybridized carbons (Fsp3) is 0.538. The van der Waals surface area contributed by atoms with E-state index in [0.717, 1.165) is 18.4 Å². The summed E-state index contributed by atoms with van der Waals surface area (Å²) in [5.74, 6) is 0.717. The van der Waals surface area contributed by atoms with E-state index in [1.807, 2.05) is 18.2 Å². The van der Waals surface area contributed by atoms with Crippen molar-refractivity contribution in [2.75, 3.05) is 0 Å². The number of benzene rings is 1. The topological polar surface area (TPSA) is 26.0 Å². The molecular weight excluding hydrogens is 241 g/mol. The molecule has 0 aromatic heterocycles. The Morgan fingerprint density at radius 1 is 1.12 bits per heavy atom. The molecule has 1 atom stereocenters. The van der Waals surface area contributed by atoms with Crippen LogP contribution >= 0.6 is 23.2 Å². The van der Waals surface area contributed by atoms with Gasteiger partial charge in [-0.05, 0) is 24.5 Å². The lowest BCUT2D eigenvalue weighted by atomic mass is 9.98. The summed E-state index contributed by atoms with van der Waals surface area (Å²) in [6.07, 6.45) is 3.23. The molecule has 0 fully saturated rings. The molecule has 0 amide bonds. The second-order valence-electron chi connectivity index (χ2n) is 4.57. The maximum absolute atomic E-state index is 6.11. The summed E-state index contributed by atoms with van der Waals surface area (Å²) in [5.41, 5.74) is 7.00. The highest BCUT2D eigenvalue weighted by molar-refractivity contribution is 6.36. The van der Waals surface area contributed by atoms with Crippen LogP contribution in [-0.4, -0.2) is 0 Å². The maximum Gasteiger partial charge on any atom is 0.0468 e. The van der Waals surface area contributed by atoms with Crippen LogP contribution in [0.2, 0.25) is 10.0 Å². The Hall–Kier alpha value is -0.240. The Morgan fingerprint density at radius 2 is 1.69 bits per heavy atom. The van der Waals surface area contributed by atoms with Crippen LogP contribution in [0.25, 0.3) is 0 Å². The van der Waals surface area contributed by atoms with E-state index in [0.29, 0.717) is 16.0 Å². The molecule has 0 spiro atoms. The summed E-state index contributed by atoms with van der Waals surface area (Å²) in [4.78, 5) is 0. The van der Waals surface area contributed by atoms with Crippen molar-refractivity contribution < 1.29 is 0 Å². The van der Waals surface area contributed by atoms with Crippen LogP contribution in [0, 0.1) is 5.92 Å². The van der Waals surface area contributed by atoms with Gasteiger partial charge >= 0.3 is 0 Å². The highest BCUT2D eigenvalue weighted by Crippen LogP contribution is 2.31. The van der Waals surface area contributed by atoms with Gasteiger partial charge in [0.05, 0.1) is 0 Å². The van der Waals surface area contributed by atoms with Crippen LogP contribution in [0.3, 0.4) is 0 Å². The van der Waals surface area contributed by atoms with Crippen LogP contribution in [-0.2, 0) is 0 Å². The molecule has 0 aliphatic carbocycles. The lowest BCUT2D eigenvalue weighted by Gasteiger charge is -2.15. The first-order valence-corrected chi connectivity index (χ1v) is 6.47. The second kappa shape index (κ2) is 6.48. The van der Waals surface area contributed by atoms with Gasteiger partial charge in [0.1, 0.15) is 0 Å². The quantitative estimate of drug-likeness (QED) is 0.807. The summed E-state index contributed by atoms with van der Waals surface area (Å²) in [5, 5.41) is 1.34. The van der Waals surface area contributed by atoms with Gasteiger partial charge in [-0.25, -0.2) is 0 Å². The molecule has 0 saturated heterocycles. The molecule has 90 valence electrons. The number of hydrogen-bond donors (Lipinski definition) is 1. The predicted molar refractivity (Wildman–Crippen MR) is 72.1 cm³/mol. The van der Waals surface area contributed by atoms with Crippen molar-refractivity contribution in [2.45, 2.75) is 39.2 Å². The lowest BCUT2D eigenvalue weighted by molar-refractivity contribution is 0.505. The Morgan fingerprint density at radius 3 is 2.19 bits per heavy atom. The number of nitrogens with two attached hydrogens (primary N) is 1. The summed E-state index contributed by atoms with van der Waals surface area (Å²) in [7, 11) is 0. The number of hydrogen-bond acceptors (Lipinski definition) is 1. The molecule has 2 N–H and O–H groups in total. The predicted octanol–water partition coefficient (Wildman–Crippen LogP) is 4.82. The fourth-order valence-corrected chi connectivity index (χ4v) is 2.43. The Labute approximate surface area is 108 Å². The van der Waals surface area contributed by atoms with E-state index in [1.54, 1.807) is 0 Å². The molecule has 1 aromatic rings. The van der Waals surface area contributed by atoms with Crippen molar-refractivity contribution in [2.24, 2.45) is 11.7 Å². The molecule has 0 radical (unpaired) electrons. The lowest BCUT2D eigenvalue weighted by Crippen LogP contribution is -2.11. The SMILES string of the molecule is CC(C)CCCC(N)c1c(Cl)cccc1Cl. The zero-order chi connectivity index (χ0) is 12.1. The molecular formula is C13H19Cl2N. The third-order valence-corrected chi connectivity index (χ3v) is 3.33. The summed E-state index contributed by atoms with van der Waals surface area (Å²) in [6, 6.07) is 5.46. The van der Waals surface area contributed by atoms with Gasteiger partial charge < -0.3 is 5.73 Å². The normalized spacial score (nSPS) is 13.1. The standard InChI is InChI=1S/C13H19Cl2N/c1-9(2)5-3-8-12(16)13-10(14)6-4-7-11(13)15/h4,6-7,9,12H,3,5,8,16H2,1-2H3. The first-order chi connectivity index (χ1) is 7.52. The van der Waals surface area contributed by atoms with Crippen LogP contribution in [0.5, 0.6) is 0 Å². The van der Waals surface area contributed by atoms with E-state index in [9.17, 15) is 0 Å². The van der Waals surface area contributed by atoms with Gasteiger partial charge in [0.2, 0.25) is 0 Å². The van der Waals surface area contributed by atoms with Crippen LogP contribution in [0.1, 0.15) is 44.7 Å². The largest absolute Gasteiger partial charge is 0.324 e. The van der Waals surface area contributed by atoms with Gasteiger partial charge in [-0.15, -0.1) is 0 Å². The molecule has 0 saturated carbocycles. The van der Waals surface area contributed by atoms with E-state index in [-0.39, 0.29) is 6.04 Å².